The number of hydrogen-bond donors (Lipinski definition) is 3. The van der Waals surface area contributed by atoms with E-state index in [1.165, 1.54) is 6.20 Å². The van der Waals surface area contributed by atoms with Crippen molar-refractivity contribution in [2.24, 2.45) is 0 Å². The topological polar surface area (TPSA) is 56.5 Å². The van der Waals surface area contributed by atoms with Gasteiger partial charge in [-0.1, -0.05) is 36.2 Å². The van der Waals surface area contributed by atoms with Gasteiger partial charge in [-0.15, -0.1) is 0 Å². The van der Waals surface area contributed by atoms with Gasteiger partial charge in [0.1, 0.15) is 8.96 Å². The highest BCUT2D eigenvalue weighted by atomic mass is 32.2. The third kappa shape index (κ3) is 3.84. The van der Waals surface area contributed by atoms with Crippen LogP contribution >= 0.6 is 36.2 Å². The van der Waals surface area contributed by atoms with Gasteiger partial charge in [0.2, 0.25) is 0 Å². The number of nitrogens with one attached hydrogen (secondary N) is 3. The molecule has 0 aliphatic carbocycles. The zero-order chi connectivity index (χ0) is 8.81. The van der Waals surface area contributed by atoms with E-state index >= 15 is 0 Å². The lowest BCUT2D eigenvalue weighted by molar-refractivity contribution is 0.937. The minimum Gasteiger partial charge on any atom is -0.370 e. The van der Waals surface area contributed by atoms with Gasteiger partial charge >= 0.3 is 0 Å². The van der Waals surface area contributed by atoms with Gasteiger partial charge in [0.05, 0.1) is 6.20 Å². The van der Waals surface area contributed by atoms with Gasteiger partial charge in [0.15, 0.2) is 0 Å². The number of thiocarbonyl (C=S) groups is 1. The molecule has 1 aliphatic rings. The highest BCUT2D eigenvalue weighted by molar-refractivity contribution is 8.23. The fourth-order valence-electron chi connectivity index (χ4n) is 0.558. The number of nitrogens with zero attached hydrogens (tertiary/aromatic N) is 1. The summed E-state index contributed by atoms with van der Waals surface area (Å²) >= 11 is 11.1. The highest BCUT2D eigenvalue weighted by Crippen LogP contribution is 2.05. The van der Waals surface area contributed by atoms with Crippen molar-refractivity contribution in [3.8, 4) is 0 Å². The molecule has 0 spiro atoms. The molecular formula is C5H8N4S3. The molecule has 2 rings (SSSR count). The molecule has 0 saturated carbocycles. The molecule has 66 valence electrons. The Balaban J connectivity index is 0.000000120. The summed E-state index contributed by atoms with van der Waals surface area (Å²) in [4.78, 5) is 0. The lowest BCUT2D eigenvalue weighted by Crippen LogP contribution is -2.09. The largest absolute Gasteiger partial charge is 0.370 e. The summed E-state index contributed by atoms with van der Waals surface area (Å²) < 4.78 is 1.59. The smallest absolute Gasteiger partial charge is 0.139 e. The van der Waals surface area contributed by atoms with Gasteiger partial charge < -0.3 is 5.32 Å². The maximum atomic E-state index is 4.77. The first-order valence-corrected chi connectivity index (χ1v) is 5.08. The van der Waals surface area contributed by atoms with Crippen LogP contribution in [-0.2, 0) is 0 Å². The van der Waals surface area contributed by atoms with E-state index in [2.05, 4.69) is 32.9 Å². The molecule has 1 aromatic heterocycles. The number of H-pyrrole nitrogens is 2. The standard InChI is InChI=1S/C3H5NS2.C2H3N3S/c5-3-4-1-2-6-3;6-2-1-3-5-4-2/h1-2H2,(H,4,5);1H,(H2,3,4,5,6). The molecule has 0 radical (unpaired) electrons. The molecule has 3 N–H and O–H groups in total. The van der Waals surface area contributed by atoms with Crippen LogP contribution in [-0.4, -0.2) is 32.0 Å². The van der Waals surface area contributed by atoms with Crippen molar-refractivity contribution in [1.82, 2.24) is 20.7 Å². The number of thioether (sulfide) groups is 1. The Morgan fingerprint density at radius 2 is 2.33 bits per heavy atom. The van der Waals surface area contributed by atoms with Gasteiger partial charge in [0.25, 0.3) is 0 Å². The normalized spacial score (nSPS) is 14.8. The third-order valence-electron chi connectivity index (χ3n) is 1.03. The molecule has 4 nitrogen and oxygen atoms in total. The molecule has 0 amide bonds. The molecule has 0 aromatic carbocycles. The molecule has 0 bridgehead atoms. The van der Waals surface area contributed by atoms with E-state index in [1.807, 2.05) is 0 Å². The first-order chi connectivity index (χ1) is 5.79. The minimum atomic E-state index is 0.634. The fourth-order valence-corrected chi connectivity index (χ4v) is 1.60. The second kappa shape index (κ2) is 5.28. The van der Waals surface area contributed by atoms with Crippen molar-refractivity contribution in [1.29, 1.82) is 0 Å². The van der Waals surface area contributed by atoms with Crippen LogP contribution in [0, 0.1) is 4.64 Å². The molecule has 1 aliphatic heterocycles. The highest BCUT2D eigenvalue weighted by Gasteiger charge is 2.01. The quantitative estimate of drug-likeness (QED) is 0.571. The monoisotopic (exact) mass is 220 g/mol. The van der Waals surface area contributed by atoms with E-state index in [-0.39, 0.29) is 0 Å². The summed E-state index contributed by atoms with van der Waals surface area (Å²) in [6.07, 6.45) is 1.54. The van der Waals surface area contributed by atoms with Gasteiger partial charge in [-0.2, -0.15) is 5.10 Å². The van der Waals surface area contributed by atoms with Crippen molar-refractivity contribution in [2.75, 3.05) is 12.3 Å². The van der Waals surface area contributed by atoms with Gasteiger partial charge in [-0.05, 0) is 0 Å². The third-order valence-corrected chi connectivity index (χ3v) is 2.55. The number of rotatable bonds is 0. The molecule has 7 heteroatoms. The van der Waals surface area contributed by atoms with Crippen LogP contribution in [0.15, 0.2) is 6.20 Å². The predicted octanol–water partition coefficient (Wildman–Crippen LogP) is 1.07. The summed E-state index contributed by atoms with van der Waals surface area (Å²) in [7, 11) is 0. The second-order valence-electron chi connectivity index (χ2n) is 1.92. The van der Waals surface area contributed by atoms with Crippen molar-refractivity contribution in [3.63, 3.8) is 0 Å². The predicted molar refractivity (Wildman–Crippen MR) is 56.8 cm³/mol. The lowest BCUT2D eigenvalue weighted by atomic mass is 10.8. The molecule has 1 saturated heterocycles. The molecule has 1 fully saturated rings. The SMILES string of the molecule is S=C1NCCS1.S=c1cn[nH][nH]1. The summed E-state index contributed by atoms with van der Waals surface area (Å²) in [6, 6.07) is 0. The van der Waals surface area contributed by atoms with Crippen molar-refractivity contribution >= 4 is 40.5 Å². The molecule has 2 heterocycles. The summed E-state index contributed by atoms with van der Waals surface area (Å²) in [5.74, 6) is 1.15. The Hall–Kier alpha value is -0.400. The van der Waals surface area contributed by atoms with Gasteiger partial charge in [0, 0.05) is 12.3 Å². The zero-order valence-corrected chi connectivity index (χ0v) is 8.61. The Morgan fingerprint density at radius 3 is 2.50 bits per heavy atom. The van der Waals surface area contributed by atoms with Crippen LogP contribution in [0.2, 0.25) is 0 Å². The first-order valence-electron chi connectivity index (χ1n) is 3.28. The Bertz CT molecular complexity index is 266. The molecule has 1 aromatic rings. The van der Waals surface area contributed by atoms with Crippen LogP contribution in [0.3, 0.4) is 0 Å². The van der Waals surface area contributed by atoms with Crippen LogP contribution in [0.25, 0.3) is 0 Å². The lowest BCUT2D eigenvalue weighted by Gasteiger charge is -1.82. The minimum absolute atomic E-state index is 0.634. The summed E-state index contributed by atoms with van der Waals surface area (Å²) in [6.45, 7) is 1.06. The molecule has 0 unspecified atom stereocenters. The van der Waals surface area contributed by atoms with Gasteiger partial charge in [-0.25, -0.2) is 5.21 Å². The van der Waals surface area contributed by atoms with E-state index in [0.717, 1.165) is 16.6 Å². The summed E-state index contributed by atoms with van der Waals surface area (Å²) in [5, 5.41) is 11.6. The van der Waals surface area contributed by atoms with Crippen molar-refractivity contribution in [2.45, 2.75) is 0 Å². The number of aromatic nitrogens is 3. The average molecular weight is 220 g/mol. The maximum absolute atomic E-state index is 4.77. The molecule has 12 heavy (non-hydrogen) atoms. The zero-order valence-electron chi connectivity index (χ0n) is 6.16. The van der Waals surface area contributed by atoms with E-state index in [0.29, 0.717) is 4.64 Å². The van der Waals surface area contributed by atoms with Gasteiger partial charge in [-0.3, -0.25) is 5.10 Å². The van der Waals surface area contributed by atoms with Crippen LogP contribution < -0.4 is 5.32 Å². The number of aromatic amines is 2. The van der Waals surface area contributed by atoms with Crippen molar-refractivity contribution in [3.05, 3.63) is 10.8 Å². The van der Waals surface area contributed by atoms with Crippen LogP contribution in [0.1, 0.15) is 0 Å². The Labute approximate surface area is 84.5 Å². The molecular weight excluding hydrogens is 212 g/mol. The Kier molecular flexibility index (Phi) is 4.26. The second-order valence-corrected chi connectivity index (χ2v) is 4.13. The number of hydrogen-bond acceptors (Lipinski definition) is 4. The summed E-state index contributed by atoms with van der Waals surface area (Å²) in [5.41, 5.74) is 0. The van der Waals surface area contributed by atoms with E-state index < -0.39 is 0 Å². The van der Waals surface area contributed by atoms with Crippen LogP contribution in [0.5, 0.6) is 0 Å². The first kappa shape index (κ1) is 9.69. The van der Waals surface area contributed by atoms with Crippen LogP contribution in [0.4, 0.5) is 0 Å². The maximum Gasteiger partial charge on any atom is 0.139 e. The Morgan fingerprint density at radius 1 is 1.50 bits per heavy atom. The fraction of sp³-hybridized carbons (Fsp3) is 0.400. The molecule has 0 atom stereocenters. The van der Waals surface area contributed by atoms with E-state index in [1.54, 1.807) is 11.8 Å². The van der Waals surface area contributed by atoms with E-state index in [4.69, 9.17) is 12.2 Å². The van der Waals surface area contributed by atoms with Crippen molar-refractivity contribution < 1.29 is 0 Å². The van der Waals surface area contributed by atoms with E-state index in [9.17, 15) is 0 Å². The average Bonchev–Trinajstić information content (AvgIpc) is 2.63.